The fraction of sp³-hybridized carbons (Fsp3) is 0.500. The molecule has 8 nitrogen and oxygen atoms in total. The summed E-state index contributed by atoms with van der Waals surface area (Å²) in [7, 11) is 0. The molecule has 0 atom stereocenters. The first-order valence-corrected chi connectivity index (χ1v) is 9.95. The van der Waals surface area contributed by atoms with Gasteiger partial charge in [0, 0.05) is 32.0 Å². The lowest BCUT2D eigenvalue weighted by Gasteiger charge is -2.32. The SMILES string of the molecule is CC(C)C(=O)OC1CCN(c2nc(=O)c3cc(C(F)(F)F)cc([N+](=O)[O-])c3s2)CC1. The zero-order valence-corrected chi connectivity index (χ0v) is 16.9. The van der Waals surface area contributed by atoms with E-state index in [9.17, 15) is 32.9 Å². The number of hydrogen-bond acceptors (Lipinski definition) is 8. The van der Waals surface area contributed by atoms with E-state index in [2.05, 4.69) is 4.98 Å². The standard InChI is InChI=1S/C18H18F3N3O5S/c1-9(2)16(26)29-11-3-5-23(6-4-11)17-22-15(25)12-7-10(18(19,20)21)8-13(24(27)28)14(12)30-17/h7-9,11H,3-6H2,1-2H3. The number of nitro groups is 1. The highest BCUT2D eigenvalue weighted by atomic mass is 32.1. The molecule has 0 amide bonds. The molecule has 0 spiro atoms. The largest absolute Gasteiger partial charge is 0.462 e. The van der Waals surface area contributed by atoms with Crippen molar-refractivity contribution in [2.45, 2.75) is 39.0 Å². The van der Waals surface area contributed by atoms with Gasteiger partial charge in [-0.3, -0.25) is 19.7 Å². The summed E-state index contributed by atoms with van der Waals surface area (Å²) in [5.41, 5.74) is -3.01. The molecule has 1 aliphatic heterocycles. The number of hydrogen-bond donors (Lipinski definition) is 0. The van der Waals surface area contributed by atoms with Crippen LogP contribution in [0.25, 0.3) is 10.1 Å². The van der Waals surface area contributed by atoms with Crippen molar-refractivity contribution >= 4 is 38.2 Å². The normalized spacial score (nSPS) is 15.6. The summed E-state index contributed by atoms with van der Waals surface area (Å²) < 4.78 is 44.4. The van der Waals surface area contributed by atoms with E-state index in [1.807, 2.05) is 0 Å². The molecule has 0 aliphatic carbocycles. The highest BCUT2D eigenvalue weighted by molar-refractivity contribution is 7.22. The van der Waals surface area contributed by atoms with Gasteiger partial charge in [-0.15, -0.1) is 0 Å². The van der Waals surface area contributed by atoms with E-state index in [1.165, 1.54) is 0 Å². The van der Waals surface area contributed by atoms with Crippen LogP contribution in [0.3, 0.4) is 0 Å². The minimum Gasteiger partial charge on any atom is -0.462 e. The molecule has 0 N–H and O–H groups in total. The van der Waals surface area contributed by atoms with Crippen LogP contribution in [0, 0.1) is 16.0 Å². The molecule has 0 bridgehead atoms. The molecule has 1 aliphatic rings. The van der Waals surface area contributed by atoms with Gasteiger partial charge in [0.05, 0.1) is 21.8 Å². The Morgan fingerprint density at radius 3 is 2.50 bits per heavy atom. The number of nitro benzene ring substituents is 1. The number of carbonyl (C=O) groups excluding carboxylic acids is 1. The van der Waals surface area contributed by atoms with Gasteiger partial charge in [-0.25, -0.2) is 0 Å². The second-order valence-corrected chi connectivity index (χ2v) is 8.18. The molecule has 1 aromatic carbocycles. The Morgan fingerprint density at radius 2 is 1.97 bits per heavy atom. The number of aromatic nitrogens is 1. The van der Waals surface area contributed by atoms with Crippen LogP contribution in [0.5, 0.6) is 0 Å². The Kier molecular flexibility index (Phi) is 5.97. The zero-order chi connectivity index (χ0) is 22.2. The maximum atomic E-state index is 13.1. The van der Waals surface area contributed by atoms with Gasteiger partial charge in [0.2, 0.25) is 0 Å². The molecular formula is C18H18F3N3O5S. The van der Waals surface area contributed by atoms with Gasteiger partial charge in [-0.1, -0.05) is 25.2 Å². The lowest BCUT2D eigenvalue weighted by atomic mass is 10.1. The third-order valence-corrected chi connectivity index (χ3v) is 5.85. The summed E-state index contributed by atoms with van der Waals surface area (Å²) in [6.07, 6.45) is -4.15. The second kappa shape index (κ2) is 8.17. The Bertz CT molecular complexity index is 1050. The van der Waals surface area contributed by atoms with Crippen molar-refractivity contribution in [2.24, 2.45) is 5.92 Å². The van der Waals surface area contributed by atoms with Gasteiger partial charge >= 0.3 is 12.1 Å². The number of non-ortho nitro benzene ring substituents is 1. The summed E-state index contributed by atoms with van der Waals surface area (Å²) in [6, 6.07) is 1.02. The molecule has 0 radical (unpaired) electrons. The minimum absolute atomic E-state index is 0.156. The molecule has 2 heterocycles. The predicted octanol–water partition coefficient (Wildman–Crippen LogP) is 3.75. The number of halogens is 3. The summed E-state index contributed by atoms with van der Waals surface area (Å²) in [4.78, 5) is 40.1. The molecule has 2 aromatic rings. The number of benzene rings is 1. The van der Waals surface area contributed by atoms with Crippen LogP contribution >= 0.6 is 11.3 Å². The van der Waals surface area contributed by atoms with Crippen molar-refractivity contribution in [1.29, 1.82) is 0 Å². The first-order chi connectivity index (χ1) is 14.0. The van der Waals surface area contributed by atoms with E-state index in [4.69, 9.17) is 4.74 Å². The molecule has 1 aromatic heterocycles. The number of piperidine rings is 1. The maximum Gasteiger partial charge on any atom is 0.416 e. The zero-order valence-electron chi connectivity index (χ0n) is 16.1. The van der Waals surface area contributed by atoms with Crippen LogP contribution in [0.1, 0.15) is 32.3 Å². The Morgan fingerprint density at radius 1 is 1.33 bits per heavy atom. The average Bonchev–Trinajstić information content (AvgIpc) is 2.66. The van der Waals surface area contributed by atoms with Crippen LogP contribution in [-0.4, -0.2) is 35.1 Å². The van der Waals surface area contributed by atoms with E-state index in [0.29, 0.717) is 38.1 Å². The molecule has 3 rings (SSSR count). The number of fused-ring (bicyclic) bond motifs is 1. The van der Waals surface area contributed by atoms with Crippen LogP contribution in [0.15, 0.2) is 16.9 Å². The third kappa shape index (κ3) is 4.53. The van der Waals surface area contributed by atoms with E-state index < -0.39 is 33.3 Å². The van der Waals surface area contributed by atoms with Crippen molar-refractivity contribution in [1.82, 2.24) is 4.98 Å². The van der Waals surface area contributed by atoms with Crippen molar-refractivity contribution in [3.05, 3.63) is 38.2 Å². The predicted molar refractivity (Wildman–Crippen MR) is 104 cm³/mol. The van der Waals surface area contributed by atoms with Gasteiger partial charge in [-0.05, 0) is 6.07 Å². The number of ether oxygens (including phenoxy) is 1. The highest BCUT2D eigenvalue weighted by Crippen LogP contribution is 2.38. The third-order valence-electron chi connectivity index (χ3n) is 4.68. The smallest absolute Gasteiger partial charge is 0.416 e. The van der Waals surface area contributed by atoms with Crippen LogP contribution < -0.4 is 10.5 Å². The lowest BCUT2D eigenvalue weighted by molar-refractivity contribution is -0.383. The molecular weight excluding hydrogens is 427 g/mol. The van der Waals surface area contributed by atoms with E-state index in [0.717, 1.165) is 11.3 Å². The van der Waals surface area contributed by atoms with E-state index in [-0.39, 0.29) is 27.8 Å². The minimum atomic E-state index is -4.83. The first-order valence-electron chi connectivity index (χ1n) is 9.13. The summed E-state index contributed by atoms with van der Waals surface area (Å²) in [5.74, 6) is -0.560. The van der Waals surface area contributed by atoms with Crippen molar-refractivity contribution in [3.8, 4) is 0 Å². The van der Waals surface area contributed by atoms with Gasteiger partial charge in [-0.2, -0.15) is 18.2 Å². The monoisotopic (exact) mass is 445 g/mol. The Hall–Kier alpha value is -2.76. The number of carbonyl (C=O) groups is 1. The van der Waals surface area contributed by atoms with Gasteiger partial charge in [0.1, 0.15) is 10.8 Å². The highest BCUT2D eigenvalue weighted by Gasteiger charge is 2.34. The van der Waals surface area contributed by atoms with Crippen molar-refractivity contribution in [3.63, 3.8) is 0 Å². The average molecular weight is 445 g/mol. The van der Waals surface area contributed by atoms with E-state index in [1.54, 1.807) is 18.7 Å². The number of rotatable bonds is 4. The van der Waals surface area contributed by atoms with Crippen molar-refractivity contribution in [2.75, 3.05) is 18.0 Å². The molecule has 0 saturated carbocycles. The first kappa shape index (κ1) is 21.9. The molecule has 12 heteroatoms. The molecule has 162 valence electrons. The fourth-order valence-electron chi connectivity index (χ4n) is 3.04. The van der Waals surface area contributed by atoms with Crippen LogP contribution in [0.4, 0.5) is 24.0 Å². The number of anilines is 1. The molecule has 0 unspecified atom stereocenters. The van der Waals surface area contributed by atoms with Gasteiger partial charge in [0.15, 0.2) is 5.13 Å². The lowest BCUT2D eigenvalue weighted by Crippen LogP contribution is -2.39. The van der Waals surface area contributed by atoms with Crippen LogP contribution in [-0.2, 0) is 15.7 Å². The summed E-state index contributed by atoms with van der Waals surface area (Å²) in [5, 5.41) is 11.1. The molecule has 1 saturated heterocycles. The Balaban J connectivity index is 1.92. The van der Waals surface area contributed by atoms with Crippen LogP contribution in [0.2, 0.25) is 0 Å². The summed E-state index contributed by atoms with van der Waals surface area (Å²) in [6.45, 7) is 4.23. The molecule has 1 fully saturated rings. The Labute approximate surface area is 172 Å². The number of nitrogens with zero attached hydrogens (tertiary/aromatic N) is 3. The van der Waals surface area contributed by atoms with Gasteiger partial charge < -0.3 is 9.64 Å². The maximum absolute atomic E-state index is 13.1. The topological polar surface area (TPSA) is 103 Å². The second-order valence-electron chi connectivity index (χ2n) is 7.21. The van der Waals surface area contributed by atoms with Crippen molar-refractivity contribution < 1.29 is 27.6 Å². The molecule has 30 heavy (non-hydrogen) atoms. The fourth-order valence-corrected chi connectivity index (χ4v) is 4.16. The van der Waals surface area contributed by atoms with Gasteiger partial charge in [0.25, 0.3) is 11.2 Å². The van der Waals surface area contributed by atoms with E-state index >= 15 is 0 Å². The number of alkyl halides is 3. The summed E-state index contributed by atoms with van der Waals surface area (Å²) >= 11 is 0.800. The number of esters is 1. The quantitative estimate of drug-likeness (QED) is 0.401.